The third-order valence-corrected chi connectivity index (χ3v) is 10.4. The van der Waals surface area contributed by atoms with Crippen molar-refractivity contribution in [3.05, 3.63) is 11.6 Å². The SMILES string of the molecule is CC1(C)CCC[C@]2(C)[C@H]3CC[C@]4(CO)O[C@H](C5=CC(=O)O[C@@H]5O)C[C@H]4[C@]3(C)CC[C@@H]12. The van der Waals surface area contributed by atoms with Gasteiger partial charge in [-0.2, -0.15) is 0 Å². The quantitative estimate of drug-likeness (QED) is 0.664. The van der Waals surface area contributed by atoms with Crippen LogP contribution < -0.4 is 0 Å². The average molecular weight is 419 g/mol. The maximum atomic E-state index is 11.7. The first-order valence-electron chi connectivity index (χ1n) is 11.9. The third-order valence-electron chi connectivity index (χ3n) is 10.4. The molecule has 5 nitrogen and oxygen atoms in total. The molecule has 0 aromatic carbocycles. The van der Waals surface area contributed by atoms with Gasteiger partial charge in [-0.1, -0.05) is 34.1 Å². The van der Waals surface area contributed by atoms with Gasteiger partial charge >= 0.3 is 5.97 Å². The van der Waals surface area contributed by atoms with Crippen molar-refractivity contribution in [3.8, 4) is 0 Å². The Morgan fingerprint density at radius 1 is 1.00 bits per heavy atom. The Kier molecular flexibility index (Phi) is 4.58. The Hall–Kier alpha value is -0.910. The largest absolute Gasteiger partial charge is 0.429 e. The lowest BCUT2D eigenvalue weighted by Gasteiger charge is -2.67. The number of carbonyl (C=O) groups is 1. The molecule has 8 atom stereocenters. The van der Waals surface area contributed by atoms with E-state index in [2.05, 4.69) is 27.7 Å². The Labute approximate surface area is 180 Å². The van der Waals surface area contributed by atoms with Crippen LogP contribution in [0.3, 0.4) is 0 Å². The normalized spacial score (nSPS) is 52.1. The van der Waals surface area contributed by atoms with Crippen LogP contribution in [0.2, 0.25) is 0 Å². The molecule has 5 heteroatoms. The van der Waals surface area contributed by atoms with E-state index in [1.807, 2.05) is 0 Å². The zero-order chi connectivity index (χ0) is 21.5. The monoisotopic (exact) mass is 418 g/mol. The number of aliphatic hydroxyl groups excluding tert-OH is 2. The van der Waals surface area contributed by atoms with Crippen LogP contribution >= 0.6 is 0 Å². The first-order valence-corrected chi connectivity index (χ1v) is 11.9. The molecule has 0 bridgehead atoms. The standard InChI is InChI=1S/C25H38O5/c1-22(2)8-5-9-23(3)17(22)6-10-24(4)18(23)7-11-25(14-26)19(24)13-16(30-25)15-12-20(27)29-21(15)28/h12,16-19,21,26,28H,5-11,13-14H2,1-4H3/t16-,17-,18+,19-,21-,23-,24+,25+/m0/s1. The molecule has 2 heterocycles. The van der Waals surface area contributed by atoms with Gasteiger partial charge in [0.05, 0.1) is 18.3 Å². The van der Waals surface area contributed by atoms with Crippen molar-refractivity contribution >= 4 is 5.97 Å². The molecule has 1 saturated heterocycles. The van der Waals surface area contributed by atoms with Gasteiger partial charge in [0.1, 0.15) is 0 Å². The summed E-state index contributed by atoms with van der Waals surface area (Å²) in [6, 6.07) is 0. The molecule has 0 unspecified atom stereocenters. The maximum Gasteiger partial charge on any atom is 0.333 e. The zero-order valence-corrected chi connectivity index (χ0v) is 18.9. The highest BCUT2D eigenvalue weighted by Gasteiger charge is 2.67. The minimum Gasteiger partial charge on any atom is -0.429 e. The second kappa shape index (κ2) is 6.55. The number of rotatable bonds is 2. The molecule has 3 aliphatic carbocycles. The average Bonchev–Trinajstić information content (AvgIpc) is 3.21. The molecular weight excluding hydrogens is 380 g/mol. The topological polar surface area (TPSA) is 76.0 Å². The third kappa shape index (κ3) is 2.67. The lowest BCUT2D eigenvalue weighted by atomic mass is 9.38. The minimum absolute atomic E-state index is 0.000289. The highest BCUT2D eigenvalue weighted by atomic mass is 16.6. The number of carbonyl (C=O) groups excluding carboxylic acids is 1. The first kappa shape index (κ1) is 21.0. The van der Waals surface area contributed by atoms with Gasteiger partial charge in [-0.25, -0.2) is 4.79 Å². The van der Waals surface area contributed by atoms with Gasteiger partial charge in [0, 0.05) is 11.6 Å². The Morgan fingerprint density at radius 3 is 2.37 bits per heavy atom. The highest BCUT2D eigenvalue weighted by Crippen LogP contribution is 2.71. The Balaban J connectivity index is 1.50. The molecule has 0 spiro atoms. The molecule has 0 radical (unpaired) electrons. The Bertz CT molecular complexity index is 774. The van der Waals surface area contributed by atoms with E-state index in [-0.39, 0.29) is 24.0 Å². The molecular formula is C25H38O5. The first-order chi connectivity index (χ1) is 14.1. The highest BCUT2D eigenvalue weighted by molar-refractivity contribution is 5.85. The van der Waals surface area contributed by atoms with Crippen LogP contribution in [0.25, 0.3) is 0 Å². The number of cyclic esters (lactones) is 1. The van der Waals surface area contributed by atoms with Gasteiger partial charge in [-0.05, 0) is 78.9 Å². The van der Waals surface area contributed by atoms with Crippen molar-refractivity contribution in [1.29, 1.82) is 0 Å². The number of ether oxygens (including phenoxy) is 2. The summed E-state index contributed by atoms with van der Waals surface area (Å²) < 4.78 is 11.4. The van der Waals surface area contributed by atoms with Crippen LogP contribution in [0, 0.1) is 34.0 Å². The van der Waals surface area contributed by atoms with E-state index in [1.54, 1.807) is 0 Å². The molecule has 0 aromatic rings. The van der Waals surface area contributed by atoms with Gasteiger partial charge in [-0.15, -0.1) is 0 Å². The van der Waals surface area contributed by atoms with Crippen LogP contribution in [0.5, 0.6) is 0 Å². The minimum atomic E-state index is -1.21. The number of hydrogen-bond acceptors (Lipinski definition) is 5. The van der Waals surface area contributed by atoms with Crippen molar-refractivity contribution in [2.24, 2.45) is 34.0 Å². The molecule has 2 aliphatic heterocycles. The van der Waals surface area contributed by atoms with E-state index >= 15 is 0 Å². The van der Waals surface area contributed by atoms with Crippen molar-refractivity contribution in [2.75, 3.05) is 6.61 Å². The van der Waals surface area contributed by atoms with E-state index in [9.17, 15) is 15.0 Å². The van der Waals surface area contributed by atoms with Gasteiger partial charge in [0.25, 0.3) is 0 Å². The van der Waals surface area contributed by atoms with Gasteiger partial charge in [-0.3, -0.25) is 0 Å². The van der Waals surface area contributed by atoms with Crippen LogP contribution in [-0.2, 0) is 14.3 Å². The van der Waals surface area contributed by atoms with Crippen LogP contribution in [0.4, 0.5) is 0 Å². The van der Waals surface area contributed by atoms with Gasteiger partial charge < -0.3 is 19.7 Å². The number of esters is 1. The van der Waals surface area contributed by atoms with Gasteiger partial charge in [0.15, 0.2) is 0 Å². The summed E-state index contributed by atoms with van der Waals surface area (Å²) in [7, 11) is 0. The second-order valence-electron chi connectivity index (χ2n) is 12.1. The lowest BCUT2D eigenvalue weighted by molar-refractivity contribution is -0.212. The summed E-state index contributed by atoms with van der Waals surface area (Å²) in [5, 5.41) is 20.7. The van der Waals surface area contributed by atoms with E-state index in [0.29, 0.717) is 22.3 Å². The molecule has 0 aromatic heterocycles. The van der Waals surface area contributed by atoms with E-state index in [1.165, 1.54) is 38.2 Å². The predicted octanol–water partition coefficient (Wildman–Crippen LogP) is 3.97. The van der Waals surface area contributed by atoms with Crippen molar-refractivity contribution in [2.45, 2.75) is 97.1 Å². The van der Waals surface area contributed by atoms with E-state index in [4.69, 9.17) is 9.47 Å². The van der Waals surface area contributed by atoms with Crippen LogP contribution in [0.15, 0.2) is 11.6 Å². The van der Waals surface area contributed by atoms with E-state index < -0.39 is 17.9 Å². The summed E-state index contributed by atoms with van der Waals surface area (Å²) >= 11 is 0. The Morgan fingerprint density at radius 2 is 1.70 bits per heavy atom. The summed E-state index contributed by atoms with van der Waals surface area (Å²) in [5.74, 6) is 1.10. The summed E-state index contributed by atoms with van der Waals surface area (Å²) in [5.41, 5.74) is 0.782. The second-order valence-corrected chi connectivity index (χ2v) is 12.1. The summed E-state index contributed by atoms with van der Waals surface area (Å²) in [6.07, 6.45) is 8.85. The number of aliphatic hydroxyl groups is 2. The maximum absolute atomic E-state index is 11.7. The molecule has 5 aliphatic rings. The molecule has 30 heavy (non-hydrogen) atoms. The summed E-state index contributed by atoms with van der Waals surface area (Å²) in [4.78, 5) is 11.7. The van der Waals surface area contributed by atoms with Crippen molar-refractivity contribution in [1.82, 2.24) is 0 Å². The number of fused-ring (bicyclic) bond motifs is 5. The van der Waals surface area contributed by atoms with Gasteiger partial charge in [0.2, 0.25) is 6.29 Å². The number of hydrogen-bond donors (Lipinski definition) is 2. The fraction of sp³-hybridized carbons (Fsp3) is 0.880. The predicted molar refractivity (Wildman–Crippen MR) is 112 cm³/mol. The fourth-order valence-electron chi connectivity index (χ4n) is 9.20. The molecule has 5 rings (SSSR count). The smallest absolute Gasteiger partial charge is 0.333 e. The van der Waals surface area contributed by atoms with Crippen LogP contribution in [0.1, 0.15) is 79.1 Å². The zero-order valence-electron chi connectivity index (χ0n) is 18.9. The molecule has 0 amide bonds. The molecule has 2 N–H and O–H groups in total. The molecule has 3 saturated carbocycles. The lowest BCUT2D eigenvalue weighted by Crippen LogP contribution is -2.62. The van der Waals surface area contributed by atoms with Crippen LogP contribution in [-0.4, -0.2) is 40.8 Å². The molecule has 4 fully saturated rings. The fourth-order valence-corrected chi connectivity index (χ4v) is 9.20. The summed E-state index contributed by atoms with van der Waals surface area (Å²) in [6.45, 7) is 9.94. The van der Waals surface area contributed by atoms with Crippen molar-refractivity contribution < 1.29 is 24.5 Å². The van der Waals surface area contributed by atoms with E-state index in [0.717, 1.165) is 25.2 Å². The van der Waals surface area contributed by atoms with Crippen molar-refractivity contribution in [3.63, 3.8) is 0 Å². The molecule has 168 valence electrons.